The highest BCUT2D eigenvalue weighted by atomic mass is 16.2. The van der Waals surface area contributed by atoms with Crippen LogP contribution >= 0.6 is 0 Å². The minimum absolute atomic E-state index is 0.0286. The van der Waals surface area contributed by atoms with E-state index in [1.807, 2.05) is 21.9 Å². The first-order chi connectivity index (χ1) is 13.1. The van der Waals surface area contributed by atoms with Crippen molar-refractivity contribution in [3.8, 4) is 0 Å². The van der Waals surface area contributed by atoms with Crippen LogP contribution in [-0.4, -0.2) is 46.2 Å². The van der Waals surface area contributed by atoms with Gasteiger partial charge in [-0.2, -0.15) is 0 Å². The van der Waals surface area contributed by atoms with Crippen LogP contribution in [0, 0.1) is 0 Å². The molecule has 0 unspecified atom stereocenters. The predicted molar refractivity (Wildman–Crippen MR) is 106 cm³/mol. The molecule has 0 atom stereocenters. The molecule has 3 rings (SSSR count). The number of fused-ring (bicyclic) bond motifs is 1. The monoisotopic (exact) mass is 365 g/mol. The SMILES string of the molecule is CCCN(CCC)C(=O)c1ccnc(C(=O)N2CCc3ccccc3C2)c1. The number of pyridine rings is 1. The lowest BCUT2D eigenvalue weighted by molar-refractivity contribution is 0.0728. The Hall–Kier alpha value is -2.69. The van der Waals surface area contributed by atoms with Crippen molar-refractivity contribution in [1.29, 1.82) is 0 Å². The maximum Gasteiger partial charge on any atom is 0.272 e. The van der Waals surface area contributed by atoms with Crippen molar-refractivity contribution in [3.63, 3.8) is 0 Å². The van der Waals surface area contributed by atoms with E-state index >= 15 is 0 Å². The van der Waals surface area contributed by atoms with Gasteiger partial charge in [0.1, 0.15) is 5.69 Å². The lowest BCUT2D eigenvalue weighted by Crippen LogP contribution is -2.37. The highest BCUT2D eigenvalue weighted by Crippen LogP contribution is 2.20. The molecule has 0 radical (unpaired) electrons. The average molecular weight is 365 g/mol. The normalized spacial score (nSPS) is 13.2. The largest absolute Gasteiger partial charge is 0.339 e. The van der Waals surface area contributed by atoms with Crippen LogP contribution < -0.4 is 0 Å². The molecule has 0 fully saturated rings. The zero-order chi connectivity index (χ0) is 19.2. The van der Waals surface area contributed by atoms with Gasteiger partial charge in [0.25, 0.3) is 11.8 Å². The second-order valence-corrected chi connectivity index (χ2v) is 6.97. The van der Waals surface area contributed by atoms with Crippen molar-refractivity contribution >= 4 is 11.8 Å². The molecule has 2 amide bonds. The van der Waals surface area contributed by atoms with Crippen LogP contribution in [-0.2, 0) is 13.0 Å². The number of hydrogen-bond acceptors (Lipinski definition) is 3. The number of carbonyl (C=O) groups excluding carboxylic acids is 2. The van der Waals surface area contributed by atoms with Crippen molar-refractivity contribution in [2.24, 2.45) is 0 Å². The number of hydrogen-bond donors (Lipinski definition) is 0. The fraction of sp³-hybridized carbons (Fsp3) is 0.409. The first-order valence-electron chi connectivity index (χ1n) is 9.75. The van der Waals surface area contributed by atoms with Crippen LogP contribution in [0.1, 0.15) is 58.7 Å². The average Bonchev–Trinajstić information content (AvgIpc) is 2.72. The summed E-state index contributed by atoms with van der Waals surface area (Å²) >= 11 is 0. The number of aromatic nitrogens is 1. The summed E-state index contributed by atoms with van der Waals surface area (Å²) in [6.45, 7) is 6.83. The van der Waals surface area contributed by atoms with Gasteiger partial charge in [0, 0.05) is 37.9 Å². The van der Waals surface area contributed by atoms with Gasteiger partial charge in [-0.05, 0) is 42.5 Å². The van der Waals surface area contributed by atoms with Crippen molar-refractivity contribution in [3.05, 3.63) is 65.0 Å². The Balaban J connectivity index is 1.77. The van der Waals surface area contributed by atoms with Gasteiger partial charge in [-0.15, -0.1) is 0 Å². The molecule has 0 spiro atoms. The Morgan fingerprint density at radius 1 is 1.07 bits per heavy atom. The van der Waals surface area contributed by atoms with Gasteiger partial charge in [-0.25, -0.2) is 0 Å². The van der Waals surface area contributed by atoms with Gasteiger partial charge in [0.15, 0.2) is 0 Å². The summed E-state index contributed by atoms with van der Waals surface area (Å²) in [5, 5.41) is 0. The molecule has 142 valence electrons. The molecule has 1 aromatic heterocycles. The van der Waals surface area contributed by atoms with Crippen LogP contribution in [0.15, 0.2) is 42.6 Å². The summed E-state index contributed by atoms with van der Waals surface area (Å²) in [6.07, 6.45) is 4.24. The number of benzene rings is 1. The molecule has 1 aliphatic rings. The fourth-order valence-electron chi connectivity index (χ4n) is 3.55. The van der Waals surface area contributed by atoms with E-state index in [-0.39, 0.29) is 11.8 Å². The highest BCUT2D eigenvalue weighted by molar-refractivity contribution is 5.98. The quantitative estimate of drug-likeness (QED) is 0.787. The predicted octanol–water partition coefficient (Wildman–Crippen LogP) is 3.54. The second-order valence-electron chi connectivity index (χ2n) is 6.97. The lowest BCUT2D eigenvalue weighted by atomic mass is 9.99. The molecule has 0 N–H and O–H groups in total. The maximum atomic E-state index is 12.9. The van der Waals surface area contributed by atoms with Crippen LogP contribution in [0.2, 0.25) is 0 Å². The smallest absolute Gasteiger partial charge is 0.272 e. The molecule has 0 aliphatic carbocycles. The summed E-state index contributed by atoms with van der Waals surface area (Å²) in [5.74, 6) is -0.143. The van der Waals surface area contributed by atoms with Crippen molar-refractivity contribution in [1.82, 2.24) is 14.8 Å². The topological polar surface area (TPSA) is 53.5 Å². The Morgan fingerprint density at radius 3 is 2.48 bits per heavy atom. The van der Waals surface area contributed by atoms with E-state index in [1.54, 1.807) is 18.3 Å². The summed E-state index contributed by atoms with van der Waals surface area (Å²) in [4.78, 5) is 33.7. The van der Waals surface area contributed by atoms with Gasteiger partial charge >= 0.3 is 0 Å². The zero-order valence-corrected chi connectivity index (χ0v) is 16.1. The van der Waals surface area contributed by atoms with Gasteiger partial charge in [0.2, 0.25) is 0 Å². The van der Waals surface area contributed by atoms with Crippen LogP contribution in [0.5, 0.6) is 0 Å². The Morgan fingerprint density at radius 2 is 1.78 bits per heavy atom. The third kappa shape index (κ3) is 4.35. The van der Waals surface area contributed by atoms with Gasteiger partial charge in [0.05, 0.1) is 0 Å². The lowest BCUT2D eigenvalue weighted by Gasteiger charge is -2.28. The van der Waals surface area contributed by atoms with Crippen molar-refractivity contribution < 1.29 is 9.59 Å². The van der Waals surface area contributed by atoms with Crippen LogP contribution in [0.4, 0.5) is 0 Å². The molecule has 1 aliphatic heterocycles. The first-order valence-corrected chi connectivity index (χ1v) is 9.75. The molecular formula is C22H27N3O2. The fourth-order valence-corrected chi connectivity index (χ4v) is 3.55. The van der Waals surface area contributed by atoms with Crippen LogP contribution in [0.25, 0.3) is 0 Å². The molecule has 1 aromatic carbocycles. The van der Waals surface area contributed by atoms with E-state index in [2.05, 4.69) is 31.0 Å². The number of nitrogens with zero attached hydrogens (tertiary/aromatic N) is 3. The third-order valence-electron chi connectivity index (χ3n) is 4.92. The van der Waals surface area contributed by atoms with Gasteiger partial charge in [-0.1, -0.05) is 38.1 Å². The van der Waals surface area contributed by atoms with Gasteiger partial charge < -0.3 is 9.80 Å². The van der Waals surface area contributed by atoms with Gasteiger partial charge in [-0.3, -0.25) is 14.6 Å². The van der Waals surface area contributed by atoms with E-state index in [0.717, 1.165) is 32.4 Å². The Bertz CT molecular complexity index is 813. The number of rotatable bonds is 6. The van der Waals surface area contributed by atoms with Crippen LogP contribution in [0.3, 0.4) is 0 Å². The Labute approximate surface area is 161 Å². The van der Waals surface area contributed by atoms with E-state index in [4.69, 9.17) is 0 Å². The standard InChI is InChI=1S/C22H27N3O2/c1-3-12-24(13-4-2)21(26)18-9-11-23-20(15-18)22(27)25-14-10-17-7-5-6-8-19(17)16-25/h5-9,11,15H,3-4,10,12-14,16H2,1-2H3. The molecule has 5 heteroatoms. The Kier molecular flexibility index (Phi) is 6.22. The van der Waals surface area contributed by atoms with E-state index in [0.29, 0.717) is 24.3 Å². The summed E-state index contributed by atoms with van der Waals surface area (Å²) in [7, 11) is 0. The number of carbonyl (C=O) groups is 2. The van der Waals surface area contributed by atoms with Crippen molar-refractivity contribution in [2.45, 2.75) is 39.7 Å². The maximum absolute atomic E-state index is 12.9. The first kappa shape index (κ1) is 19.1. The zero-order valence-electron chi connectivity index (χ0n) is 16.1. The number of amides is 2. The minimum atomic E-state index is -0.114. The molecular weight excluding hydrogens is 338 g/mol. The minimum Gasteiger partial charge on any atom is -0.339 e. The third-order valence-corrected chi connectivity index (χ3v) is 4.92. The molecule has 2 heterocycles. The molecule has 2 aromatic rings. The highest BCUT2D eigenvalue weighted by Gasteiger charge is 2.23. The molecule has 0 saturated heterocycles. The summed E-state index contributed by atoms with van der Waals surface area (Å²) in [5.41, 5.74) is 3.36. The molecule has 27 heavy (non-hydrogen) atoms. The van der Waals surface area contributed by atoms with E-state index in [9.17, 15) is 9.59 Å². The van der Waals surface area contributed by atoms with E-state index in [1.165, 1.54) is 11.1 Å². The summed E-state index contributed by atoms with van der Waals surface area (Å²) in [6, 6.07) is 11.6. The summed E-state index contributed by atoms with van der Waals surface area (Å²) < 4.78 is 0. The van der Waals surface area contributed by atoms with Crippen molar-refractivity contribution in [2.75, 3.05) is 19.6 Å². The van der Waals surface area contributed by atoms with E-state index < -0.39 is 0 Å². The second kappa shape index (κ2) is 8.80. The molecule has 0 saturated carbocycles. The molecule has 0 bridgehead atoms. The molecule has 5 nitrogen and oxygen atoms in total.